The Morgan fingerprint density at radius 3 is 2.59 bits per heavy atom. The van der Waals surface area contributed by atoms with Crippen molar-refractivity contribution in [1.29, 1.82) is 0 Å². The largest absolute Gasteiger partial charge is 0.478 e. The molecule has 0 atom stereocenters. The summed E-state index contributed by atoms with van der Waals surface area (Å²) in [6.07, 6.45) is 4.09. The van der Waals surface area contributed by atoms with Crippen molar-refractivity contribution < 1.29 is 9.90 Å². The fourth-order valence-electron chi connectivity index (χ4n) is 3.21. The lowest BCUT2D eigenvalue weighted by Gasteiger charge is -2.10. The van der Waals surface area contributed by atoms with Gasteiger partial charge in [0.15, 0.2) is 0 Å². The summed E-state index contributed by atoms with van der Waals surface area (Å²) in [5.41, 5.74) is 10.8. The molecule has 0 spiro atoms. The molecule has 22 heavy (non-hydrogen) atoms. The van der Waals surface area contributed by atoms with E-state index >= 15 is 0 Å². The number of unbranched alkanes of at least 4 members (excludes halogenated alkanes) is 1. The van der Waals surface area contributed by atoms with E-state index in [1.807, 2.05) is 13.0 Å². The van der Waals surface area contributed by atoms with Crippen LogP contribution in [0.5, 0.6) is 0 Å². The van der Waals surface area contributed by atoms with Crippen LogP contribution < -0.4 is 5.73 Å². The molecule has 0 saturated carbocycles. The average Bonchev–Trinajstić information content (AvgIpc) is 2.75. The Balaban J connectivity index is 2.68. The highest BCUT2D eigenvalue weighted by molar-refractivity contribution is 5.97. The fraction of sp³-hybridized carbons (Fsp3) is 0.500. The van der Waals surface area contributed by atoms with Gasteiger partial charge in [0.05, 0.1) is 11.1 Å². The van der Waals surface area contributed by atoms with E-state index in [0.717, 1.165) is 43.2 Å². The third kappa shape index (κ3) is 3.02. The van der Waals surface area contributed by atoms with Gasteiger partial charge in [0.25, 0.3) is 0 Å². The summed E-state index contributed by atoms with van der Waals surface area (Å²) >= 11 is 0. The Morgan fingerprint density at radius 2 is 2.00 bits per heavy atom. The van der Waals surface area contributed by atoms with Crippen LogP contribution in [-0.2, 0) is 13.0 Å². The van der Waals surface area contributed by atoms with Gasteiger partial charge in [0.2, 0.25) is 0 Å². The first-order valence-electron chi connectivity index (χ1n) is 8.06. The molecule has 0 unspecified atom stereocenters. The van der Waals surface area contributed by atoms with E-state index in [4.69, 9.17) is 5.73 Å². The number of carbonyl (C=O) groups is 1. The molecule has 4 nitrogen and oxygen atoms in total. The van der Waals surface area contributed by atoms with Crippen LogP contribution in [0, 0.1) is 13.8 Å². The zero-order valence-corrected chi connectivity index (χ0v) is 13.8. The van der Waals surface area contributed by atoms with Gasteiger partial charge in [0, 0.05) is 17.6 Å². The maximum absolute atomic E-state index is 11.4. The number of aryl methyl sites for hydroxylation is 3. The van der Waals surface area contributed by atoms with Gasteiger partial charge >= 0.3 is 5.97 Å². The molecule has 3 N–H and O–H groups in total. The van der Waals surface area contributed by atoms with E-state index in [1.165, 1.54) is 16.8 Å². The molecule has 2 rings (SSSR count). The van der Waals surface area contributed by atoms with Crippen molar-refractivity contribution in [3.63, 3.8) is 0 Å². The van der Waals surface area contributed by atoms with Crippen LogP contribution in [0.4, 0.5) is 0 Å². The molecule has 0 bridgehead atoms. The Hall–Kier alpha value is -1.81. The monoisotopic (exact) mass is 302 g/mol. The highest BCUT2D eigenvalue weighted by Crippen LogP contribution is 2.31. The number of aromatic nitrogens is 1. The van der Waals surface area contributed by atoms with Crippen LogP contribution in [0.3, 0.4) is 0 Å². The quantitative estimate of drug-likeness (QED) is 0.820. The third-order valence-electron chi connectivity index (χ3n) is 4.35. The van der Waals surface area contributed by atoms with Gasteiger partial charge in [-0.25, -0.2) is 4.79 Å². The summed E-state index contributed by atoms with van der Waals surface area (Å²) < 4.78 is 2.35. The lowest BCUT2D eigenvalue weighted by molar-refractivity contribution is 0.0697. The number of nitrogens with zero attached hydrogens (tertiary/aromatic N) is 1. The molecule has 1 heterocycles. The molecule has 4 heteroatoms. The van der Waals surface area contributed by atoms with Gasteiger partial charge in [-0.2, -0.15) is 0 Å². The smallest absolute Gasteiger partial charge is 0.335 e. The van der Waals surface area contributed by atoms with Gasteiger partial charge in [0.1, 0.15) is 0 Å². The molecule has 1 aromatic heterocycles. The van der Waals surface area contributed by atoms with Crippen molar-refractivity contribution in [2.75, 3.05) is 6.54 Å². The second-order valence-corrected chi connectivity index (χ2v) is 5.96. The molecular weight excluding hydrogens is 276 g/mol. The summed E-state index contributed by atoms with van der Waals surface area (Å²) in [6, 6.07) is 3.60. The van der Waals surface area contributed by atoms with Gasteiger partial charge < -0.3 is 15.4 Å². The number of benzene rings is 1. The summed E-state index contributed by atoms with van der Waals surface area (Å²) in [5.74, 6) is -0.867. The molecular formula is C18H26N2O2. The Morgan fingerprint density at radius 1 is 1.27 bits per heavy atom. The van der Waals surface area contributed by atoms with Crippen LogP contribution in [-0.4, -0.2) is 22.2 Å². The number of rotatable bonds is 7. The molecule has 120 valence electrons. The second-order valence-electron chi connectivity index (χ2n) is 5.96. The van der Waals surface area contributed by atoms with E-state index in [9.17, 15) is 9.90 Å². The van der Waals surface area contributed by atoms with E-state index in [0.29, 0.717) is 12.1 Å². The van der Waals surface area contributed by atoms with Crippen molar-refractivity contribution >= 4 is 16.9 Å². The molecule has 0 saturated heterocycles. The van der Waals surface area contributed by atoms with E-state index in [-0.39, 0.29) is 0 Å². The maximum Gasteiger partial charge on any atom is 0.335 e. The summed E-state index contributed by atoms with van der Waals surface area (Å²) in [6.45, 7) is 7.96. The van der Waals surface area contributed by atoms with Crippen LogP contribution in [0.1, 0.15) is 53.4 Å². The van der Waals surface area contributed by atoms with E-state index in [1.54, 1.807) is 6.07 Å². The zero-order valence-electron chi connectivity index (χ0n) is 13.8. The van der Waals surface area contributed by atoms with Gasteiger partial charge in [-0.05, 0) is 62.9 Å². The lowest BCUT2D eigenvalue weighted by atomic mass is 10.0. The van der Waals surface area contributed by atoms with Crippen molar-refractivity contribution in [2.24, 2.45) is 5.73 Å². The summed E-state index contributed by atoms with van der Waals surface area (Å²) in [4.78, 5) is 11.4. The predicted molar refractivity (Wildman–Crippen MR) is 90.7 cm³/mol. The molecule has 0 fully saturated rings. The van der Waals surface area contributed by atoms with Crippen LogP contribution >= 0.6 is 0 Å². The average molecular weight is 302 g/mol. The highest BCUT2D eigenvalue weighted by atomic mass is 16.4. The van der Waals surface area contributed by atoms with E-state index in [2.05, 4.69) is 18.4 Å². The van der Waals surface area contributed by atoms with Crippen LogP contribution in [0.15, 0.2) is 12.1 Å². The van der Waals surface area contributed by atoms with Gasteiger partial charge in [-0.3, -0.25) is 0 Å². The molecule has 0 radical (unpaired) electrons. The van der Waals surface area contributed by atoms with Crippen molar-refractivity contribution in [2.45, 2.75) is 53.0 Å². The van der Waals surface area contributed by atoms with Crippen LogP contribution in [0.2, 0.25) is 0 Å². The van der Waals surface area contributed by atoms with Gasteiger partial charge in [-0.15, -0.1) is 0 Å². The fourth-order valence-corrected chi connectivity index (χ4v) is 3.21. The molecule has 0 amide bonds. The first kappa shape index (κ1) is 16.6. The predicted octanol–water partition coefficient (Wildman–Crippen LogP) is 3.65. The standard InChI is InChI=1S/C18H26N2O2/c1-4-5-9-20-13(3)15(7-6-8-19)16-11-14(18(21)22)10-12(2)17(16)20/h10-11H,4-9,19H2,1-3H3,(H,21,22). The highest BCUT2D eigenvalue weighted by Gasteiger charge is 2.17. The Kier molecular flexibility index (Phi) is 5.24. The topological polar surface area (TPSA) is 68.2 Å². The first-order valence-corrected chi connectivity index (χ1v) is 8.06. The first-order chi connectivity index (χ1) is 10.5. The number of hydrogen-bond acceptors (Lipinski definition) is 2. The van der Waals surface area contributed by atoms with Crippen LogP contribution in [0.25, 0.3) is 10.9 Å². The second kappa shape index (κ2) is 6.97. The van der Waals surface area contributed by atoms with E-state index < -0.39 is 5.97 Å². The summed E-state index contributed by atoms with van der Waals surface area (Å²) in [5, 5.41) is 10.4. The normalized spacial score (nSPS) is 11.3. The van der Waals surface area contributed by atoms with Crippen molar-refractivity contribution in [3.8, 4) is 0 Å². The Bertz CT molecular complexity index is 686. The molecule has 2 aromatic rings. The molecule has 1 aromatic carbocycles. The number of carboxylic acid groups (broad SMARTS) is 1. The number of fused-ring (bicyclic) bond motifs is 1. The van der Waals surface area contributed by atoms with Crippen molar-refractivity contribution in [3.05, 3.63) is 34.5 Å². The maximum atomic E-state index is 11.4. The number of carboxylic acids is 1. The minimum absolute atomic E-state index is 0.367. The zero-order chi connectivity index (χ0) is 16.3. The Labute approximate surface area is 131 Å². The summed E-state index contributed by atoms with van der Waals surface area (Å²) in [7, 11) is 0. The number of aromatic carboxylic acids is 1. The van der Waals surface area contributed by atoms with Gasteiger partial charge in [-0.1, -0.05) is 13.3 Å². The number of nitrogens with two attached hydrogens (primary N) is 1. The minimum Gasteiger partial charge on any atom is -0.478 e. The van der Waals surface area contributed by atoms with Crippen molar-refractivity contribution in [1.82, 2.24) is 4.57 Å². The lowest BCUT2D eigenvalue weighted by Crippen LogP contribution is -2.03. The molecule has 0 aliphatic carbocycles. The SMILES string of the molecule is CCCCn1c(C)c(CCCN)c2cc(C(=O)O)cc(C)c21. The molecule has 0 aliphatic rings. The third-order valence-corrected chi connectivity index (χ3v) is 4.35. The molecule has 0 aliphatic heterocycles. The minimum atomic E-state index is -0.867. The number of hydrogen-bond donors (Lipinski definition) is 2.